The van der Waals surface area contributed by atoms with E-state index in [1.54, 1.807) is 14.0 Å². The number of ether oxygens (including phenoxy) is 2. The molecule has 8 nitrogen and oxygen atoms in total. The van der Waals surface area contributed by atoms with Crippen LogP contribution < -0.4 is 4.74 Å². The number of hydrogen-bond acceptors (Lipinski definition) is 5. The molecule has 2 atom stereocenters. The van der Waals surface area contributed by atoms with Crippen LogP contribution in [0, 0.1) is 0 Å². The zero-order valence-electron chi connectivity index (χ0n) is 15.7. The topological polar surface area (TPSA) is 91.9 Å². The Hall–Kier alpha value is -3.03. The molecule has 2 aliphatic rings. The quantitative estimate of drug-likeness (QED) is 0.656. The zero-order valence-corrected chi connectivity index (χ0v) is 15.7. The average Bonchev–Trinajstić information content (AvgIpc) is 3.14. The number of methoxy groups -OCH3 is 2. The third-order valence-electron chi connectivity index (χ3n) is 5.73. The lowest BCUT2D eigenvalue weighted by atomic mass is 9.87. The van der Waals surface area contributed by atoms with E-state index in [-0.39, 0.29) is 0 Å². The number of amides is 3. The van der Waals surface area contributed by atoms with E-state index in [2.05, 4.69) is 4.98 Å². The van der Waals surface area contributed by atoms with E-state index >= 15 is 0 Å². The van der Waals surface area contributed by atoms with Gasteiger partial charge in [-0.1, -0.05) is 0 Å². The Morgan fingerprint density at radius 2 is 2.04 bits per heavy atom. The highest BCUT2D eigenvalue weighted by atomic mass is 16.5. The van der Waals surface area contributed by atoms with Gasteiger partial charge in [0.2, 0.25) is 0 Å². The predicted molar refractivity (Wildman–Crippen MR) is 96.3 cm³/mol. The largest absolute Gasteiger partial charge is 0.497 e. The molecule has 1 N–H and O–H groups in total. The van der Waals surface area contributed by atoms with E-state index < -0.39 is 29.5 Å². The summed E-state index contributed by atoms with van der Waals surface area (Å²) in [4.78, 5) is 44.0. The maximum Gasteiger partial charge on any atom is 0.328 e. The third kappa shape index (κ3) is 2.12. The average molecular weight is 371 g/mol. The van der Waals surface area contributed by atoms with Crippen molar-refractivity contribution in [2.24, 2.45) is 0 Å². The Morgan fingerprint density at radius 1 is 1.30 bits per heavy atom. The number of nitrogens with one attached hydrogen (secondary N) is 1. The molecule has 2 aliphatic heterocycles. The van der Waals surface area contributed by atoms with E-state index in [1.807, 2.05) is 18.2 Å². The summed E-state index contributed by atoms with van der Waals surface area (Å²) in [5.74, 6) is -0.321. The van der Waals surface area contributed by atoms with Gasteiger partial charge in [-0.3, -0.25) is 4.79 Å². The molecule has 0 saturated carbocycles. The van der Waals surface area contributed by atoms with Gasteiger partial charge in [-0.05, 0) is 44.0 Å². The normalized spacial score (nSPS) is 22.7. The van der Waals surface area contributed by atoms with Crippen molar-refractivity contribution in [3.8, 4) is 5.75 Å². The Morgan fingerprint density at radius 3 is 2.70 bits per heavy atom. The fourth-order valence-corrected chi connectivity index (χ4v) is 4.19. The number of hydrogen-bond donors (Lipinski definition) is 1. The molecule has 2 aromatic rings. The second kappa shape index (κ2) is 5.73. The second-order valence-corrected chi connectivity index (χ2v) is 7.02. The van der Waals surface area contributed by atoms with Crippen molar-refractivity contribution < 1.29 is 23.9 Å². The van der Waals surface area contributed by atoms with Crippen LogP contribution in [0.5, 0.6) is 5.75 Å². The standard InChI is InChI=1S/C19H21N3O5/c1-10(16(23)27-4)22-17(24)19(2)15-12(7-8-21(19)18(22)25)13-9-11(26-3)5-6-14(13)20-15/h5-6,9-10,20H,7-8H2,1-4H3/t10-,19?/m1/s1. The van der Waals surface area contributed by atoms with Crippen LogP contribution in [0.1, 0.15) is 25.1 Å². The number of nitrogens with zero attached hydrogens (tertiary/aromatic N) is 2. The number of aromatic nitrogens is 1. The van der Waals surface area contributed by atoms with E-state index in [4.69, 9.17) is 9.47 Å². The summed E-state index contributed by atoms with van der Waals surface area (Å²) in [6.07, 6.45) is 0.609. The van der Waals surface area contributed by atoms with E-state index in [9.17, 15) is 14.4 Å². The van der Waals surface area contributed by atoms with Crippen molar-refractivity contribution in [2.45, 2.75) is 31.8 Å². The highest BCUT2D eigenvalue weighted by Crippen LogP contribution is 2.45. The molecule has 3 amide bonds. The number of carbonyl (C=O) groups is 3. The Labute approximate surface area is 156 Å². The van der Waals surface area contributed by atoms with Crippen LogP contribution in [-0.4, -0.2) is 59.5 Å². The van der Waals surface area contributed by atoms with Crippen molar-refractivity contribution in [2.75, 3.05) is 20.8 Å². The lowest BCUT2D eigenvalue weighted by molar-refractivity contribution is -0.150. The maximum atomic E-state index is 13.3. The van der Waals surface area contributed by atoms with Crippen LogP contribution in [-0.2, 0) is 26.3 Å². The van der Waals surface area contributed by atoms with Gasteiger partial charge in [0.1, 0.15) is 11.8 Å². The molecule has 1 aromatic carbocycles. The minimum Gasteiger partial charge on any atom is -0.497 e. The summed E-state index contributed by atoms with van der Waals surface area (Å²) >= 11 is 0. The number of esters is 1. The van der Waals surface area contributed by atoms with Gasteiger partial charge in [-0.25, -0.2) is 14.5 Å². The van der Waals surface area contributed by atoms with Crippen LogP contribution in [0.4, 0.5) is 4.79 Å². The van der Waals surface area contributed by atoms with Gasteiger partial charge in [0.15, 0.2) is 5.54 Å². The fraction of sp³-hybridized carbons (Fsp3) is 0.421. The lowest BCUT2D eigenvalue weighted by Crippen LogP contribution is -2.49. The first-order valence-corrected chi connectivity index (χ1v) is 8.76. The Balaban J connectivity index is 1.86. The van der Waals surface area contributed by atoms with Crippen molar-refractivity contribution >= 4 is 28.8 Å². The van der Waals surface area contributed by atoms with Gasteiger partial charge < -0.3 is 19.4 Å². The molecular weight excluding hydrogens is 350 g/mol. The van der Waals surface area contributed by atoms with Crippen LogP contribution in [0.25, 0.3) is 10.9 Å². The molecule has 0 radical (unpaired) electrons. The molecule has 1 saturated heterocycles. The minimum atomic E-state index is -1.18. The lowest BCUT2D eigenvalue weighted by Gasteiger charge is -2.36. The van der Waals surface area contributed by atoms with Gasteiger partial charge in [-0.2, -0.15) is 0 Å². The van der Waals surface area contributed by atoms with Crippen LogP contribution in [0.2, 0.25) is 0 Å². The van der Waals surface area contributed by atoms with Gasteiger partial charge in [0.05, 0.1) is 19.9 Å². The second-order valence-electron chi connectivity index (χ2n) is 7.02. The zero-order chi connectivity index (χ0) is 19.5. The Kier molecular flexibility index (Phi) is 3.69. The molecule has 3 heterocycles. The molecule has 4 rings (SSSR count). The number of fused-ring (bicyclic) bond motifs is 5. The van der Waals surface area contributed by atoms with E-state index in [0.717, 1.165) is 27.1 Å². The third-order valence-corrected chi connectivity index (χ3v) is 5.73. The molecule has 0 spiro atoms. The van der Waals surface area contributed by atoms with Crippen LogP contribution in [0.15, 0.2) is 18.2 Å². The van der Waals surface area contributed by atoms with Crippen molar-refractivity contribution in [1.29, 1.82) is 0 Å². The molecule has 142 valence electrons. The van der Waals surface area contributed by atoms with Crippen LogP contribution >= 0.6 is 0 Å². The maximum absolute atomic E-state index is 13.3. The summed E-state index contributed by atoms with van der Waals surface area (Å²) in [6.45, 7) is 3.62. The first-order chi connectivity index (χ1) is 12.8. The summed E-state index contributed by atoms with van der Waals surface area (Å²) in [5.41, 5.74) is 1.38. The molecule has 1 aromatic heterocycles. The molecule has 0 bridgehead atoms. The summed E-state index contributed by atoms with van der Waals surface area (Å²) < 4.78 is 10.0. The first-order valence-electron chi connectivity index (χ1n) is 8.76. The molecule has 27 heavy (non-hydrogen) atoms. The number of aromatic amines is 1. The van der Waals surface area contributed by atoms with Crippen molar-refractivity contribution in [1.82, 2.24) is 14.8 Å². The summed E-state index contributed by atoms with van der Waals surface area (Å²) in [7, 11) is 2.84. The smallest absolute Gasteiger partial charge is 0.328 e. The molecule has 8 heteroatoms. The van der Waals surface area contributed by atoms with Crippen LogP contribution in [0.3, 0.4) is 0 Å². The molecule has 1 fully saturated rings. The van der Waals surface area contributed by atoms with E-state index in [0.29, 0.717) is 18.7 Å². The van der Waals surface area contributed by atoms with Crippen molar-refractivity contribution in [3.63, 3.8) is 0 Å². The Bertz CT molecular complexity index is 981. The highest BCUT2D eigenvalue weighted by Gasteiger charge is 2.60. The number of rotatable bonds is 3. The van der Waals surface area contributed by atoms with Gasteiger partial charge in [0, 0.05) is 17.4 Å². The molecular formula is C19H21N3O5. The first kappa shape index (κ1) is 17.4. The monoisotopic (exact) mass is 371 g/mol. The summed E-state index contributed by atoms with van der Waals surface area (Å²) in [6, 6.07) is 4.22. The number of benzene rings is 1. The van der Waals surface area contributed by atoms with Gasteiger partial charge in [0.25, 0.3) is 5.91 Å². The van der Waals surface area contributed by atoms with Gasteiger partial charge >= 0.3 is 12.0 Å². The molecule has 1 unspecified atom stereocenters. The fourth-order valence-electron chi connectivity index (χ4n) is 4.19. The SMILES string of the molecule is COC(=O)[C@@H](C)N1C(=O)N2CCc3c([nH]c4ccc(OC)cc34)C2(C)C1=O. The van der Waals surface area contributed by atoms with E-state index in [1.165, 1.54) is 18.9 Å². The number of carbonyl (C=O) groups excluding carboxylic acids is 3. The van der Waals surface area contributed by atoms with Gasteiger partial charge in [-0.15, -0.1) is 0 Å². The number of urea groups is 1. The molecule has 0 aliphatic carbocycles. The minimum absolute atomic E-state index is 0.391. The number of H-pyrrole nitrogens is 1. The number of imide groups is 1. The summed E-state index contributed by atoms with van der Waals surface area (Å²) in [5, 5.41) is 0.977. The predicted octanol–water partition coefficient (Wildman–Crippen LogP) is 1.77. The highest BCUT2D eigenvalue weighted by molar-refractivity contribution is 6.10. The van der Waals surface area contributed by atoms with Crippen molar-refractivity contribution in [3.05, 3.63) is 29.5 Å².